The molecule has 0 saturated carbocycles. The van der Waals surface area contributed by atoms with Crippen LogP contribution in [0.5, 0.6) is 11.5 Å². The number of carbonyl (C=O) groups excluding carboxylic acids is 1. The minimum atomic E-state index is -0.282. The monoisotopic (exact) mass is 489 g/mol. The molecule has 2 aromatic rings. The number of nitrogen functional groups attached to an aromatic ring is 1. The van der Waals surface area contributed by atoms with Crippen LogP contribution in [0.3, 0.4) is 0 Å². The fraction of sp³-hybridized carbons (Fsp3) is 0.435. The van der Waals surface area contributed by atoms with Gasteiger partial charge < -0.3 is 30.2 Å². The Balaban J connectivity index is 0.00000385. The van der Waals surface area contributed by atoms with Gasteiger partial charge in [0.05, 0.1) is 42.1 Å². The van der Waals surface area contributed by atoms with Crippen molar-refractivity contribution >= 4 is 52.8 Å². The maximum atomic E-state index is 12.9. The van der Waals surface area contributed by atoms with E-state index in [2.05, 4.69) is 10.2 Å². The number of nitrogens with one attached hydrogen (secondary N) is 1. The van der Waals surface area contributed by atoms with E-state index in [0.717, 1.165) is 25.9 Å². The SMILES string of the molecule is COc1cc(N)c(Cl)cc1C(=O)N[C@H]1CCN(CCCOc2ccc(F)cc2)C[C@@H]1OC.[NaH]. The number of likely N-dealkylation sites (tertiary alicyclic amines) is 1. The summed E-state index contributed by atoms with van der Waals surface area (Å²) in [6.07, 6.45) is 1.42. The Morgan fingerprint density at radius 1 is 1.27 bits per heavy atom. The van der Waals surface area contributed by atoms with Gasteiger partial charge >= 0.3 is 29.6 Å². The molecule has 0 radical (unpaired) electrons. The maximum absolute atomic E-state index is 12.9. The molecule has 1 saturated heterocycles. The molecule has 3 rings (SSSR count). The van der Waals surface area contributed by atoms with Gasteiger partial charge in [0, 0.05) is 32.8 Å². The molecule has 33 heavy (non-hydrogen) atoms. The molecule has 3 N–H and O–H groups in total. The van der Waals surface area contributed by atoms with Crippen LogP contribution in [-0.2, 0) is 4.74 Å². The number of amides is 1. The van der Waals surface area contributed by atoms with Crippen LogP contribution in [0.4, 0.5) is 10.1 Å². The summed E-state index contributed by atoms with van der Waals surface area (Å²) in [5, 5.41) is 3.35. The van der Waals surface area contributed by atoms with Crippen LogP contribution in [0.2, 0.25) is 5.02 Å². The number of hydrogen-bond acceptors (Lipinski definition) is 6. The number of nitrogens with zero attached hydrogens (tertiary/aromatic N) is 1. The summed E-state index contributed by atoms with van der Waals surface area (Å²) in [6.45, 7) is 2.89. The predicted molar refractivity (Wildman–Crippen MR) is 129 cm³/mol. The summed E-state index contributed by atoms with van der Waals surface area (Å²) < 4.78 is 29.5. The van der Waals surface area contributed by atoms with Crippen LogP contribution in [0.15, 0.2) is 36.4 Å². The van der Waals surface area contributed by atoms with E-state index in [-0.39, 0.29) is 53.4 Å². The fourth-order valence-corrected chi connectivity index (χ4v) is 3.92. The molecule has 1 fully saturated rings. The number of piperidine rings is 1. The van der Waals surface area contributed by atoms with Crippen LogP contribution in [-0.4, -0.2) is 93.0 Å². The number of anilines is 1. The summed E-state index contributed by atoms with van der Waals surface area (Å²) in [5.74, 6) is 0.463. The number of benzene rings is 2. The first kappa shape index (κ1) is 27.7. The predicted octanol–water partition coefficient (Wildman–Crippen LogP) is 2.71. The van der Waals surface area contributed by atoms with Crippen molar-refractivity contribution in [2.45, 2.75) is 25.0 Å². The molecule has 0 bridgehead atoms. The molecule has 10 heteroatoms. The van der Waals surface area contributed by atoms with Crippen LogP contribution < -0.4 is 20.5 Å². The zero-order valence-electron chi connectivity index (χ0n) is 18.3. The molecular weight excluding hydrogens is 460 g/mol. The number of rotatable bonds is 9. The van der Waals surface area contributed by atoms with Crippen LogP contribution >= 0.6 is 11.6 Å². The van der Waals surface area contributed by atoms with Gasteiger partial charge in [-0.1, -0.05) is 11.6 Å². The summed E-state index contributed by atoms with van der Waals surface area (Å²) in [6, 6.07) is 8.92. The summed E-state index contributed by atoms with van der Waals surface area (Å²) in [4.78, 5) is 15.1. The van der Waals surface area contributed by atoms with E-state index in [4.69, 9.17) is 31.5 Å². The Kier molecular flexibility index (Phi) is 11.2. The number of halogens is 2. The molecular formula is C23H30ClFN3NaO4. The van der Waals surface area contributed by atoms with Gasteiger partial charge in [-0.25, -0.2) is 4.39 Å². The summed E-state index contributed by atoms with van der Waals surface area (Å²) >= 11 is 6.09. The topological polar surface area (TPSA) is 86.0 Å². The van der Waals surface area contributed by atoms with Crippen molar-refractivity contribution < 1.29 is 23.4 Å². The third-order valence-corrected chi connectivity index (χ3v) is 5.85. The van der Waals surface area contributed by atoms with Crippen molar-refractivity contribution in [3.63, 3.8) is 0 Å². The second-order valence-corrected chi connectivity index (χ2v) is 8.08. The fourth-order valence-electron chi connectivity index (χ4n) is 3.76. The Labute approximate surface area is 221 Å². The normalized spacial score (nSPS) is 18.3. The quantitative estimate of drug-likeness (QED) is 0.320. The molecule has 7 nitrogen and oxygen atoms in total. The molecule has 1 amide bonds. The zero-order valence-corrected chi connectivity index (χ0v) is 19.0. The minimum absolute atomic E-state index is 0. The van der Waals surface area contributed by atoms with Crippen molar-refractivity contribution in [2.75, 3.05) is 46.2 Å². The Bertz CT molecular complexity index is 919. The molecule has 176 valence electrons. The van der Waals surface area contributed by atoms with E-state index in [9.17, 15) is 9.18 Å². The van der Waals surface area contributed by atoms with Gasteiger partial charge in [-0.05, 0) is 43.2 Å². The third kappa shape index (κ3) is 7.73. The van der Waals surface area contributed by atoms with Crippen molar-refractivity contribution in [3.05, 3.63) is 52.8 Å². The number of carbonyl (C=O) groups is 1. The molecule has 0 unspecified atom stereocenters. The van der Waals surface area contributed by atoms with Gasteiger partial charge in [0.25, 0.3) is 5.91 Å². The van der Waals surface area contributed by atoms with Gasteiger partial charge in [-0.2, -0.15) is 0 Å². The number of ether oxygens (including phenoxy) is 3. The second-order valence-electron chi connectivity index (χ2n) is 7.67. The van der Waals surface area contributed by atoms with Crippen LogP contribution in [0, 0.1) is 5.82 Å². The molecule has 0 spiro atoms. The van der Waals surface area contributed by atoms with E-state index in [1.807, 2.05) is 0 Å². The first-order chi connectivity index (χ1) is 15.4. The van der Waals surface area contributed by atoms with E-state index in [0.29, 0.717) is 40.9 Å². The molecule has 1 heterocycles. The van der Waals surface area contributed by atoms with Crippen molar-refractivity contribution in [1.82, 2.24) is 10.2 Å². The molecule has 1 aliphatic heterocycles. The van der Waals surface area contributed by atoms with Crippen LogP contribution in [0.1, 0.15) is 23.2 Å². The molecule has 1 aliphatic rings. The van der Waals surface area contributed by atoms with Gasteiger partial charge in [-0.15, -0.1) is 0 Å². The van der Waals surface area contributed by atoms with Crippen molar-refractivity contribution in [3.8, 4) is 11.5 Å². The molecule has 0 aromatic heterocycles. The van der Waals surface area contributed by atoms with Gasteiger partial charge in [-0.3, -0.25) is 4.79 Å². The van der Waals surface area contributed by atoms with Crippen molar-refractivity contribution in [2.24, 2.45) is 0 Å². The molecule has 2 atom stereocenters. The third-order valence-electron chi connectivity index (χ3n) is 5.53. The van der Waals surface area contributed by atoms with E-state index >= 15 is 0 Å². The van der Waals surface area contributed by atoms with E-state index in [1.165, 1.54) is 25.3 Å². The van der Waals surface area contributed by atoms with Gasteiger partial charge in [0.2, 0.25) is 0 Å². The van der Waals surface area contributed by atoms with Crippen LogP contribution in [0.25, 0.3) is 0 Å². The Morgan fingerprint density at radius 3 is 2.67 bits per heavy atom. The Morgan fingerprint density at radius 2 is 2.00 bits per heavy atom. The van der Waals surface area contributed by atoms with Crippen molar-refractivity contribution in [1.29, 1.82) is 0 Å². The standard InChI is InChI=1S/C23H29ClFN3O4.Na.H/c1-30-21-13-19(26)18(24)12-17(21)23(29)27-20-8-10-28(14-22(20)31-2)9-3-11-32-16-6-4-15(25)5-7-16;;/h4-7,12-13,20,22H,3,8-11,14,26H2,1-2H3,(H,27,29);;/t20-,22-;;/m0../s1. The summed E-state index contributed by atoms with van der Waals surface area (Å²) in [7, 11) is 3.13. The summed E-state index contributed by atoms with van der Waals surface area (Å²) in [5.41, 5.74) is 6.49. The number of nitrogens with two attached hydrogens (primary N) is 1. The average Bonchev–Trinajstić information content (AvgIpc) is 2.80. The second kappa shape index (κ2) is 13.4. The first-order valence-corrected chi connectivity index (χ1v) is 10.9. The molecule has 0 aliphatic carbocycles. The molecule has 2 aromatic carbocycles. The van der Waals surface area contributed by atoms with E-state index in [1.54, 1.807) is 25.3 Å². The number of methoxy groups -OCH3 is 2. The zero-order chi connectivity index (χ0) is 23.1. The number of hydrogen-bond donors (Lipinski definition) is 2. The Hall–Kier alpha value is -1.55. The first-order valence-electron chi connectivity index (χ1n) is 10.5. The van der Waals surface area contributed by atoms with Gasteiger partial charge in [0.15, 0.2) is 0 Å². The van der Waals surface area contributed by atoms with E-state index < -0.39 is 0 Å². The van der Waals surface area contributed by atoms with Gasteiger partial charge in [0.1, 0.15) is 17.3 Å². The average molecular weight is 490 g/mol.